The first-order valence-corrected chi connectivity index (χ1v) is 4.83. The molecule has 0 radical (unpaired) electrons. The van der Waals surface area contributed by atoms with Gasteiger partial charge in [0, 0.05) is 0 Å². The Morgan fingerprint density at radius 1 is 1.19 bits per heavy atom. The van der Waals surface area contributed by atoms with Gasteiger partial charge in [0.1, 0.15) is 0 Å². The highest BCUT2D eigenvalue weighted by atomic mass is 16.2. The van der Waals surface area contributed by atoms with E-state index in [1.54, 1.807) is 0 Å². The van der Waals surface area contributed by atoms with E-state index < -0.39 is 17.9 Å². The summed E-state index contributed by atoms with van der Waals surface area (Å²) in [6.07, 6.45) is 2.62. The third-order valence-corrected chi connectivity index (χ3v) is 2.57. The second-order valence-electron chi connectivity index (χ2n) is 3.50. The molecule has 0 aromatic heterocycles. The largest absolute Gasteiger partial charge is 0.298 e. The van der Waals surface area contributed by atoms with Crippen molar-refractivity contribution in [1.29, 1.82) is 0 Å². The molecule has 4 heteroatoms. The standard InChI is InChI=1S/C12H13NO3/c1-5-9-10(6-2)12(16)13(11(9)15)7(3)8(4)14/h5-7H,1-2H2,3-4H3. The molecule has 1 aliphatic rings. The lowest BCUT2D eigenvalue weighted by atomic mass is 10.1. The molecule has 84 valence electrons. The van der Waals surface area contributed by atoms with Crippen molar-refractivity contribution in [3.8, 4) is 0 Å². The summed E-state index contributed by atoms with van der Waals surface area (Å²) in [4.78, 5) is 35.8. The summed E-state index contributed by atoms with van der Waals surface area (Å²) in [5.74, 6) is -1.22. The zero-order chi connectivity index (χ0) is 12.5. The number of Topliss-reactive ketones (excluding diaryl/α,β-unsaturated/α-hetero) is 1. The Labute approximate surface area is 93.9 Å². The van der Waals surface area contributed by atoms with E-state index in [2.05, 4.69) is 13.2 Å². The van der Waals surface area contributed by atoms with Crippen LogP contribution in [0.1, 0.15) is 13.8 Å². The van der Waals surface area contributed by atoms with E-state index in [1.807, 2.05) is 0 Å². The summed E-state index contributed by atoms with van der Waals surface area (Å²) < 4.78 is 0. The van der Waals surface area contributed by atoms with Crippen LogP contribution in [0.4, 0.5) is 0 Å². The van der Waals surface area contributed by atoms with Gasteiger partial charge in [-0.2, -0.15) is 0 Å². The van der Waals surface area contributed by atoms with Crippen LogP contribution in [-0.2, 0) is 14.4 Å². The van der Waals surface area contributed by atoms with Crippen molar-refractivity contribution in [1.82, 2.24) is 4.90 Å². The molecule has 1 atom stereocenters. The van der Waals surface area contributed by atoms with Crippen LogP contribution < -0.4 is 0 Å². The molecule has 0 bridgehead atoms. The molecule has 1 aliphatic heterocycles. The highest BCUT2D eigenvalue weighted by Crippen LogP contribution is 2.24. The lowest BCUT2D eigenvalue weighted by Crippen LogP contribution is -2.43. The van der Waals surface area contributed by atoms with E-state index in [4.69, 9.17) is 0 Å². The van der Waals surface area contributed by atoms with Crippen LogP contribution in [0.2, 0.25) is 0 Å². The van der Waals surface area contributed by atoms with Crippen molar-refractivity contribution < 1.29 is 14.4 Å². The molecule has 0 fully saturated rings. The van der Waals surface area contributed by atoms with E-state index in [-0.39, 0.29) is 16.9 Å². The van der Waals surface area contributed by atoms with Crippen molar-refractivity contribution in [3.05, 3.63) is 36.5 Å². The molecule has 2 amide bonds. The summed E-state index contributed by atoms with van der Waals surface area (Å²) in [5.41, 5.74) is 0.404. The lowest BCUT2D eigenvalue weighted by molar-refractivity contribution is -0.144. The summed E-state index contributed by atoms with van der Waals surface area (Å²) in [7, 11) is 0. The second-order valence-corrected chi connectivity index (χ2v) is 3.50. The van der Waals surface area contributed by atoms with E-state index >= 15 is 0 Å². The molecule has 0 saturated heterocycles. The Hall–Kier alpha value is -1.97. The SMILES string of the molecule is C=CC1=C(C=C)C(=O)N(C(C)C(C)=O)C1=O. The Bertz CT molecular complexity index is 402. The normalized spacial score (nSPS) is 17.8. The van der Waals surface area contributed by atoms with E-state index in [0.717, 1.165) is 4.90 Å². The van der Waals surface area contributed by atoms with Crippen LogP contribution >= 0.6 is 0 Å². The summed E-state index contributed by atoms with van der Waals surface area (Å²) in [6.45, 7) is 9.80. The number of imide groups is 1. The van der Waals surface area contributed by atoms with E-state index in [1.165, 1.54) is 26.0 Å². The van der Waals surface area contributed by atoms with Gasteiger partial charge in [-0.25, -0.2) is 0 Å². The van der Waals surface area contributed by atoms with Crippen LogP contribution in [0.25, 0.3) is 0 Å². The van der Waals surface area contributed by atoms with Crippen LogP contribution in [0.3, 0.4) is 0 Å². The van der Waals surface area contributed by atoms with Gasteiger partial charge in [-0.1, -0.05) is 25.3 Å². The zero-order valence-electron chi connectivity index (χ0n) is 9.32. The van der Waals surface area contributed by atoms with Gasteiger partial charge in [0.15, 0.2) is 5.78 Å². The minimum absolute atomic E-state index is 0.202. The molecule has 4 nitrogen and oxygen atoms in total. The van der Waals surface area contributed by atoms with Crippen molar-refractivity contribution in [2.75, 3.05) is 0 Å². The molecular formula is C12H13NO3. The molecule has 1 rings (SSSR count). The fourth-order valence-electron chi connectivity index (χ4n) is 1.51. The van der Waals surface area contributed by atoms with Gasteiger partial charge in [-0.3, -0.25) is 19.3 Å². The molecule has 0 aromatic carbocycles. The number of hydrogen-bond donors (Lipinski definition) is 0. The van der Waals surface area contributed by atoms with Crippen LogP contribution in [0.15, 0.2) is 36.5 Å². The Morgan fingerprint density at radius 2 is 1.56 bits per heavy atom. The molecule has 16 heavy (non-hydrogen) atoms. The smallest absolute Gasteiger partial charge is 0.262 e. The van der Waals surface area contributed by atoms with Gasteiger partial charge < -0.3 is 0 Å². The molecular weight excluding hydrogens is 206 g/mol. The van der Waals surface area contributed by atoms with Crippen molar-refractivity contribution >= 4 is 17.6 Å². The third-order valence-electron chi connectivity index (χ3n) is 2.57. The third kappa shape index (κ3) is 1.62. The molecule has 0 spiro atoms. The Kier molecular flexibility index (Phi) is 3.22. The van der Waals surface area contributed by atoms with E-state index in [9.17, 15) is 14.4 Å². The average molecular weight is 219 g/mol. The first-order valence-electron chi connectivity index (χ1n) is 4.83. The van der Waals surface area contributed by atoms with Crippen molar-refractivity contribution in [3.63, 3.8) is 0 Å². The minimum Gasteiger partial charge on any atom is -0.298 e. The maximum Gasteiger partial charge on any atom is 0.262 e. The van der Waals surface area contributed by atoms with Gasteiger partial charge in [-0.15, -0.1) is 0 Å². The number of nitrogens with zero attached hydrogens (tertiary/aromatic N) is 1. The highest BCUT2D eigenvalue weighted by Gasteiger charge is 2.39. The van der Waals surface area contributed by atoms with Gasteiger partial charge in [0.25, 0.3) is 11.8 Å². The maximum atomic E-state index is 11.8. The molecule has 0 saturated carbocycles. The zero-order valence-corrected chi connectivity index (χ0v) is 9.32. The van der Waals surface area contributed by atoms with Crippen LogP contribution in [-0.4, -0.2) is 28.5 Å². The van der Waals surface area contributed by atoms with Crippen LogP contribution in [0.5, 0.6) is 0 Å². The van der Waals surface area contributed by atoms with Crippen molar-refractivity contribution in [2.45, 2.75) is 19.9 Å². The quantitative estimate of drug-likeness (QED) is 0.663. The molecule has 0 N–H and O–H groups in total. The molecule has 0 aliphatic carbocycles. The molecule has 0 aromatic rings. The number of carbonyl (C=O) groups excluding carboxylic acids is 3. The number of hydrogen-bond acceptors (Lipinski definition) is 3. The monoisotopic (exact) mass is 219 g/mol. The van der Waals surface area contributed by atoms with Gasteiger partial charge in [0.05, 0.1) is 17.2 Å². The number of carbonyl (C=O) groups is 3. The predicted molar refractivity (Wildman–Crippen MR) is 59.4 cm³/mol. The van der Waals surface area contributed by atoms with Crippen molar-refractivity contribution in [2.24, 2.45) is 0 Å². The number of ketones is 1. The maximum absolute atomic E-state index is 11.8. The minimum atomic E-state index is -0.757. The lowest BCUT2D eigenvalue weighted by Gasteiger charge is -2.20. The topological polar surface area (TPSA) is 54.5 Å². The fourth-order valence-corrected chi connectivity index (χ4v) is 1.51. The second kappa shape index (κ2) is 4.26. The van der Waals surface area contributed by atoms with Gasteiger partial charge in [0.2, 0.25) is 0 Å². The fraction of sp³-hybridized carbons (Fsp3) is 0.250. The summed E-state index contributed by atoms with van der Waals surface area (Å²) in [6, 6.07) is -0.757. The summed E-state index contributed by atoms with van der Waals surface area (Å²) >= 11 is 0. The Morgan fingerprint density at radius 3 is 1.81 bits per heavy atom. The summed E-state index contributed by atoms with van der Waals surface area (Å²) in [5, 5.41) is 0. The Balaban J connectivity index is 3.20. The van der Waals surface area contributed by atoms with Crippen LogP contribution in [0, 0.1) is 0 Å². The van der Waals surface area contributed by atoms with Gasteiger partial charge in [-0.05, 0) is 13.8 Å². The number of rotatable bonds is 4. The van der Waals surface area contributed by atoms with Gasteiger partial charge >= 0.3 is 0 Å². The average Bonchev–Trinajstić information content (AvgIpc) is 2.48. The first-order chi connectivity index (χ1) is 7.45. The molecule has 1 heterocycles. The first kappa shape index (κ1) is 12.1. The molecule has 1 unspecified atom stereocenters. The number of amides is 2. The highest BCUT2D eigenvalue weighted by molar-refractivity contribution is 6.23. The predicted octanol–water partition coefficient (Wildman–Crippen LogP) is 1.00. The van der Waals surface area contributed by atoms with E-state index in [0.29, 0.717) is 0 Å².